The van der Waals surface area contributed by atoms with E-state index in [2.05, 4.69) is 20.2 Å². The van der Waals surface area contributed by atoms with E-state index in [4.69, 9.17) is 9.72 Å². The van der Waals surface area contributed by atoms with Crippen molar-refractivity contribution in [3.05, 3.63) is 17.5 Å². The number of fused-ring (bicyclic) bond motifs is 5. The highest BCUT2D eigenvalue weighted by molar-refractivity contribution is 7.26. The SMILES string of the molecule is C[C@@H](CO)Nc1ncnc2c1sc1nc(N3CCOCC3)c3c(c12)CCC3. The first-order valence-corrected chi connectivity index (χ1v) is 10.4. The van der Waals surface area contributed by atoms with E-state index >= 15 is 0 Å². The molecule has 8 heteroatoms. The monoisotopic (exact) mass is 385 g/mol. The first kappa shape index (κ1) is 17.1. The molecule has 5 rings (SSSR count). The summed E-state index contributed by atoms with van der Waals surface area (Å²) in [6.45, 7) is 5.32. The molecule has 0 radical (unpaired) electrons. The van der Waals surface area contributed by atoms with Crippen LogP contribution in [0.25, 0.3) is 20.4 Å². The third-order valence-corrected chi connectivity index (χ3v) is 6.50. The van der Waals surface area contributed by atoms with Crippen LogP contribution >= 0.6 is 11.3 Å². The van der Waals surface area contributed by atoms with Gasteiger partial charge in [0.25, 0.3) is 0 Å². The average molecular weight is 385 g/mol. The Bertz CT molecular complexity index is 999. The van der Waals surface area contributed by atoms with Gasteiger partial charge in [-0.2, -0.15) is 0 Å². The summed E-state index contributed by atoms with van der Waals surface area (Å²) in [6.07, 6.45) is 4.94. The maximum absolute atomic E-state index is 9.38. The number of morpholine rings is 1. The summed E-state index contributed by atoms with van der Waals surface area (Å²) in [5, 5.41) is 13.9. The number of rotatable bonds is 4. The molecule has 0 amide bonds. The van der Waals surface area contributed by atoms with Gasteiger partial charge >= 0.3 is 0 Å². The number of ether oxygens (including phenoxy) is 1. The molecule has 0 bridgehead atoms. The molecule has 0 saturated carbocycles. The van der Waals surface area contributed by atoms with Crippen molar-refractivity contribution < 1.29 is 9.84 Å². The maximum Gasteiger partial charge on any atom is 0.147 e. The number of nitrogens with one attached hydrogen (secondary N) is 1. The Balaban J connectivity index is 1.71. The van der Waals surface area contributed by atoms with Crippen molar-refractivity contribution >= 4 is 43.4 Å². The van der Waals surface area contributed by atoms with Crippen LogP contribution in [0.4, 0.5) is 11.6 Å². The summed E-state index contributed by atoms with van der Waals surface area (Å²) in [4.78, 5) is 17.5. The standard InChI is InChI=1S/C19H23N5O2S/c1-11(9-25)22-17-16-15(20-10-21-17)14-12-3-2-4-13(12)18(23-19(14)27-16)24-5-7-26-8-6-24/h10-11,25H,2-9H2,1H3,(H,20,21,22)/t11-/m0/s1. The molecule has 3 aromatic rings. The number of hydrogen-bond acceptors (Lipinski definition) is 8. The van der Waals surface area contributed by atoms with Crippen LogP contribution in [0.2, 0.25) is 0 Å². The molecule has 2 aliphatic rings. The molecule has 27 heavy (non-hydrogen) atoms. The number of thiophene rings is 1. The number of aryl methyl sites for hydroxylation is 1. The number of aliphatic hydroxyl groups excluding tert-OH is 1. The first-order valence-electron chi connectivity index (χ1n) is 9.55. The van der Waals surface area contributed by atoms with Gasteiger partial charge in [-0.05, 0) is 37.3 Å². The molecule has 7 nitrogen and oxygen atoms in total. The predicted molar refractivity (Wildman–Crippen MR) is 108 cm³/mol. The van der Waals surface area contributed by atoms with Gasteiger partial charge in [-0.1, -0.05) is 0 Å². The van der Waals surface area contributed by atoms with Crippen molar-refractivity contribution in [3.8, 4) is 0 Å². The van der Waals surface area contributed by atoms with E-state index in [9.17, 15) is 5.11 Å². The fraction of sp³-hybridized carbons (Fsp3) is 0.526. The van der Waals surface area contributed by atoms with Crippen molar-refractivity contribution in [2.75, 3.05) is 43.1 Å². The quantitative estimate of drug-likeness (QED) is 0.713. The van der Waals surface area contributed by atoms with Crippen molar-refractivity contribution in [1.82, 2.24) is 15.0 Å². The molecule has 1 atom stereocenters. The second-order valence-electron chi connectivity index (χ2n) is 7.26. The van der Waals surface area contributed by atoms with E-state index in [1.807, 2.05) is 6.92 Å². The van der Waals surface area contributed by atoms with Crippen molar-refractivity contribution in [3.63, 3.8) is 0 Å². The zero-order valence-electron chi connectivity index (χ0n) is 15.4. The molecule has 3 aromatic heterocycles. The van der Waals surface area contributed by atoms with Gasteiger partial charge in [0, 0.05) is 24.5 Å². The highest BCUT2D eigenvalue weighted by Crippen LogP contribution is 2.43. The molecule has 0 unspecified atom stereocenters. The normalized spacial score (nSPS) is 18.2. The second kappa shape index (κ2) is 6.85. The van der Waals surface area contributed by atoms with Crippen LogP contribution in [-0.4, -0.2) is 59.0 Å². The molecular formula is C19H23N5O2S. The van der Waals surface area contributed by atoms with E-state index in [1.165, 1.54) is 22.9 Å². The Kier molecular flexibility index (Phi) is 4.34. The fourth-order valence-electron chi connectivity index (χ4n) is 4.10. The fourth-order valence-corrected chi connectivity index (χ4v) is 5.20. The summed E-state index contributed by atoms with van der Waals surface area (Å²) in [6, 6.07) is -0.0594. The largest absolute Gasteiger partial charge is 0.394 e. The minimum absolute atomic E-state index is 0.0594. The van der Waals surface area contributed by atoms with E-state index in [0.717, 1.165) is 65.8 Å². The number of pyridine rings is 1. The minimum Gasteiger partial charge on any atom is -0.394 e. The lowest BCUT2D eigenvalue weighted by Gasteiger charge is -2.29. The van der Waals surface area contributed by atoms with Crippen LogP contribution < -0.4 is 10.2 Å². The number of hydrogen-bond donors (Lipinski definition) is 2. The van der Waals surface area contributed by atoms with E-state index in [1.54, 1.807) is 17.7 Å². The molecule has 1 aliphatic carbocycles. The van der Waals surface area contributed by atoms with Gasteiger partial charge in [0.15, 0.2) is 0 Å². The molecule has 1 saturated heterocycles. The van der Waals surface area contributed by atoms with Gasteiger partial charge in [-0.15, -0.1) is 11.3 Å². The molecule has 2 N–H and O–H groups in total. The summed E-state index contributed by atoms with van der Waals surface area (Å²) in [5.74, 6) is 1.92. The lowest BCUT2D eigenvalue weighted by atomic mass is 10.1. The first-order chi connectivity index (χ1) is 13.3. The van der Waals surface area contributed by atoms with Crippen molar-refractivity contribution in [2.45, 2.75) is 32.2 Å². The molecule has 1 fully saturated rings. The Morgan fingerprint density at radius 3 is 2.89 bits per heavy atom. The van der Waals surface area contributed by atoms with Crippen LogP contribution in [0, 0.1) is 0 Å². The maximum atomic E-state index is 9.38. The highest BCUT2D eigenvalue weighted by atomic mass is 32.1. The second-order valence-corrected chi connectivity index (χ2v) is 8.25. The Morgan fingerprint density at radius 1 is 1.26 bits per heavy atom. The summed E-state index contributed by atoms with van der Waals surface area (Å²) < 4.78 is 6.55. The summed E-state index contributed by atoms with van der Waals surface area (Å²) >= 11 is 1.65. The Hall–Kier alpha value is -2.03. The summed E-state index contributed by atoms with van der Waals surface area (Å²) in [7, 11) is 0. The van der Waals surface area contributed by atoms with E-state index in [-0.39, 0.29) is 12.6 Å². The van der Waals surface area contributed by atoms with E-state index in [0.29, 0.717) is 0 Å². The topological polar surface area (TPSA) is 83.4 Å². The summed E-state index contributed by atoms with van der Waals surface area (Å²) in [5.41, 5.74) is 3.78. The van der Waals surface area contributed by atoms with Crippen LogP contribution in [0.3, 0.4) is 0 Å². The van der Waals surface area contributed by atoms with E-state index < -0.39 is 0 Å². The third kappa shape index (κ3) is 2.83. The molecule has 1 aliphatic heterocycles. The van der Waals surface area contributed by atoms with Crippen LogP contribution in [0.5, 0.6) is 0 Å². The Labute approximate surface area is 161 Å². The molecule has 142 valence electrons. The molecular weight excluding hydrogens is 362 g/mol. The average Bonchev–Trinajstić information content (AvgIpc) is 3.32. The smallest absolute Gasteiger partial charge is 0.147 e. The third-order valence-electron chi connectivity index (χ3n) is 5.42. The predicted octanol–water partition coefficient (Wildman–Crippen LogP) is 2.36. The van der Waals surface area contributed by atoms with Crippen LogP contribution in [0.15, 0.2) is 6.33 Å². The van der Waals surface area contributed by atoms with Gasteiger partial charge in [-0.3, -0.25) is 0 Å². The van der Waals surface area contributed by atoms with Crippen molar-refractivity contribution in [1.29, 1.82) is 0 Å². The number of aliphatic hydroxyl groups is 1. The van der Waals surface area contributed by atoms with Crippen LogP contribution in [0.1, 0.15) is 24.5 Å². The number of nitrogens with zero attached hydrogens (tertiary/aromatic N) is 4. The zero-order valence-corrected chi connectivity index (χ0v) is 16.2. The van der Waals surface area contributed by atoms with Gasteiger partial charge in [0.05, 0.1) is 30.0 Å². The zero-order chi connectivity index (χ0) is 18.4. The molecule has 0 spiro atoms. The molecule has 0 aromatic carbocycles. The lowest BCUT2D eigenvalue weighted by molar-refractivity contribution is 0.122. The van der Waals surface area contributed by atoms with Crippen LogP contribution in [-0.2, 0) is 17.6 Å². The Morgan fingerprint density at radius 2 is 2.07 bits per heavy atom. The van der Waals surface area contributed by atoms with Gasteiger partial charge in [0.2, 0.25) is 0 Å². The highest BCUT2D eigenvalue weighted by Gasteiger charge is 2.27. The lowest BCUT2D eigenvalue weighted by Crippen LogP contribution is -2.37. The number of aromatic nitrogens is 3. The van der Waals surface area contributed by atoms with Gasteiger partial charge in [-0.25, -0.2) is 15.0 Å². The van der Waals surface area contributed by atoms with Gasteiger partial charge < -0.3 is 20.1 Å². The molecule has 4 heterocycles. The van der Waals surface area contributed by atoms with Gasteiger partial charge in [0.1, 0.15) is 22.8 Å². The number of anilines is 2. The minimum atomic E-state index is -0.0594. The van der Waals surface area contributed by atoms with Crippen molar-refractivity contribution in [2.24, 2.45) is 0 Å².